The van der Waals surface area contributed by atoms with Gasteiger partial charge in [0, 0.05) is 5.41 Å². The van der Waals surface area contributed by atoms with E-state index in [4.69, 9.17) is 9.26 Å². The molecular weight excluding hydrogens is 258 g/mol. The van der Waals surface area contributed by atoms with E-state index in [9.17, 15) is 4.79 Å². The highest BCUT2D eigenvalue weighted by Gasteiger charge is 2.33. The molecule has 1 aromatic rings. The SMILES string of the molecule is CCOC(=O)C1CCCN1Cc1noc(C(C)(C)C)n1. The molecule has 0 radical (unpaired) electrons. The third-order valence-corrected chi connectivity index (χ3v) is 3.38. The van der Waals surface area contributed by atoms with E-state index in [0.717, 1.165) is 19.4 Å². The lowest BCUT2D eigenvalue weighted by molar-refractivity contribution is -0.148. The first-order valence-corrected chi connectivity index (χ1v) is 7.15. The Morgan fingerprint density at radius 2 is 2.25 bits per heavy atom. The van der Waals surface area contributed by atoms with E-state index in [1.165, 1.54) is 0 Å². The van der Waals surface area contributed by atoms with Gasteiger partial charge in [0.2, 0.25) is 5.89 Å². The zero-order valence-corrected chi connectivity index (χ0v) is 12.7. The van der Waals surface area contributed by atoms with Crippen molar-refractivity contribution in [2.45, 2.75) is 58.5 Å². The van der Waals surface area contributed by atoms with Crippen LogP contribution in [0.5, 0.6) is 0 Å². The summed E-state index contributed by atoms with van der Waals surface area (Å²) in [5, 5.41) is 4.01. The summed E-state index contributed by atoms with van der Waals surface area (Å²) >= 11 is 0. The number of hydrogen-bond donors (Lipinski definition) is 0. The van der Waals surface area contributed by atoms with Crippen LogP contribution in [0.4, 0.5) is 0 Å². The van der Waals surface area contributed by atoms with Gasteiger partial charge in [-0.25, -0.2) is 0 Å². The molecule has 1 aromatic heterocycles. The Bertz CT molecular complexity index is 464. The van der Waals surface area contributed by atoms with Crippen molar-refractivity contribution in [1.29, 1.82) is 0 Å². The maximum absolute atomic E-state index is 11.9. The van der Waals surface area contributed by atoms with Crippen molar-refractivity contribution >= 4 is 5.97 Å². The van der Waals surface area contributed by atoms with Crippen LogP contribution in [0.3, 0.4) is 0 Å². The molecule has 1 atom stereocenters. The van der Waals surface area contributed by atoms with Crippen molar-refractivity contribution in [3.05, 3.63) is 11.7 Å². The largest absolute Gasteiger partial charge is 0.465 e. The molecule has 2 rings (SSSR count). The van der Waals surface area contributed by atoms with Gasteiger partial charge in [0.25, 0.3) is 0 Å². The molecule has 0 saturated carbocycles. The van der Waals surface area contributed by atoms with Crippen molar-refractivity contribution in [1.82, 2.24) is 15.0 Å². The highest BCUT2D eigenvalue weighted by molar-refractivity contribution is 5.76. The second-order valence-electron chi connectivity index (χ2n) is 6.15. The molecule has 2 heterocycles. The van der Waals surface area contributed by atoms with Crippen molar-refractivity contribution in [2.75, 3.05) is 13.2 Å². The zero-order chi connectivity index (χ0) is 14.8. The van der Waals surface area contributed by atoms with Crippen molar-refractivity contribution in [2.24, 2.45) is 0 Å². The molecule has 1 fully saturated rings. The van der Waals surface area contributed by atoms with Gasteiger partial charge in [-0.2, -0.15) is 4.98 Å². The number of rotatable bonds is 4. The average Bonchev–Trinajstić information content (AvgIpc) is 2.98. The summed E-state index contributed by atoms with van der Waals surface area (Å²) in [5.74, 6) is 1.11. The van der Waals surface area contributed by atoms with E-state index < -0.39 is 0 Å². The number of carbonyl (C=O) groups is 1. The number of aromatic nitrogens is 2. The average molecular weight is 281 g/mol. The minimum Gasteiger partial charge on any atom is -0.465 e. The summed E-state index contributed by atoms with van der Waals surface area (Å²) in [7, 11) is 0. The third-order valence-electron chi connectivity index (χ3n) is 3.38. The van der Waals surface area contributed by atoms with E-state index in [1.807, 2.05) is 27.7 Å². The first-order valence-electron chi connectivity index (χ1n) is 7.15. The summed E-state index contributed by atoms with van der Waals surface area (Å²) < 4.78 is 10.4. The van der Waals surface area contributed by atoms with Crippen molar-refractivity contribution in [3.8, 4) is 0 Å². The molecule has 0 aromatic carbocycles. The quantitative estimate of drug-likeness (QED) is 0.785. The fourth-order valence-corrected chi connectivity index (χ4v) is 2.33. The van der Waals surface area contributed by atoms with Crippen LogP contribution in [0.2, 0.25) is 0 Å². The molecule has 1 saturated heterocycles. The molecular formula is C14H23N3O3. The minimum absolute atomic E-state index is 0.149. The van der Waals surface area contributed by atoms with E-state index in [2.05, 4.69) is 15.0 Å². The summed E-state index contributed by atoms with van der Waals surface area (Å²) in [4.78, 5) is 18.4. The number of esters is 1. The first kappa shape index (κ1) is 15.0. The maximum atomic E-state index is 11.9. The van der Waals surface area contributed by atoms with Crippen LogP contribution >= 0.6 is 0 Å². The molecule has 1 aliphatic rings. The lowest BCUT2D eigenvalue weighted by Gasteiger charge is -2.20. The molecule has 0 bridgehead atoms. The lowest BCUT2D eigenvalue weighted by Crippen LogP contribution is -2.37. The Kier molecular flexibility index (Phi) is 4.42. The molecule has 1 aliphatic heterocycles. The number of hydrogen-bond acceptors (Lipinski definition) is 6. The van der Waals surface area contributed by atoms with Crippen LogP contribution in [0.25, 0.3) is 0 Å². The predicted octanol–water partition coefficient (Wildman–Crippen LogP) is 1.89. The van der Waals surface area contributed by atoms with Gasteiger partial charge >= 0.3 is 5.97 Å². The van der Waals surface area contributed by atoms with Gasteiger partial charge in [-0.05, 0) is 26.3 Å². The first-order chi connectivity index (χ1) is 9.41. The Balaban J connectivity index is 2.02. The third kappa shape index (κ3) is 3.36. The van der Waals surface area contributed by atoms with Crippen LogP contribution in [0, 0.1) is 0 Å². The van der Waals surface area contributed by atoms with Gasteiger partial charge in [0.15, 0.2) is 5.82 Å². The Labute approximate surface area is 119 Å². The summed E-state index contributed by atoms with van der Waals surface area (Å²) in [6.07, 6.45) is 1.83. The highest BCUT2D eigenvalue weighted by atomic mass is 16.5. The van der Waals surface area contributed by atoms with Gasteiger partial charge in [0.1, 0.15) is 6.04 Å². The summed E-state index contributed by atoms with van der Waals surface area (Å²) in [6.45, 7) is 9.72. The standard InChI is InChI=1S/C14H23N3O3/c1-5-19-12(18)10-7-6-8-17(10)9-11-15-13(20-16-11)14(2,3)4/h10H,5-9H2,1-4H3. The normalized spacial score (nSPS) is 20.3. The molecule has 20 heavy (non-hydrogen) atoms. The summed E-state index contributed by atoms with van der Waals surface area (Å²) in [5.41, 5.74) is -0.156. The van der Waals surface area contributed by atoms with Gasteiger partial charge in [0.05, 0.1) is 13.2 Å². The van der Waals surface area contributed by atoms with E-state index >= 15 is 0 Å². The molecule has 6 heteroatoms. The highest BCUT2D eigenvalue weighted by Crippen LogP contribution is 2.23. The number of nitrogens with zero attached hydrogens (tertiary/aromatic N) is 3. The lowest BCUT2D eigenvalue weighted by atomic mass is 9.97. The van der Waals surface area contributed by atoms with Gasteiger partial charge in [-0.3, -0.25) is 9.69 Å². The molecule has 0 spiro atoms. The minimum atomic E-state index is -0.175. The fraction of sp³-hybridized carbons (Fsp3) is 0.786. The Hall–Kier alpha value is -1.43. The van der Waals surface area contributed by atoms with Crippen LogP contribution in [0.15, 0.2) is 4.52 Å². The van der Waals surface area contributed by atoms with Crippen molar-refractivity contribution in [3.63, 3.8) is 0 Å². The van der Waals surface area contributed by atoms with Gasteiger partial charge in [-0.1, -0.05) is 25.9 Å². The topological polar surface area (TPSA) is 68.5 Å². The Morgan fingerprint density at radius 1 is 1.50 bits per heavy atom. The Morgan fingerprint density at radius 3 is 2.85 bits per heavy atom. The van der Waals surface area contributed by atoms with Gasteiger partial charge < -0.3 is 9.26 Å². The number of likely N-dealkylation sites (tertiary alicyclic amines) is 1. The van der Waals surface area contributed by atoms with E-state index in [1.54, 1.807) is 0 Å². The van der Waals surface area contributed by atoms with Crippen LogP contribution < -0.4 is 0 Å². The van der Waals surface area contributed by atoms with Crippen LogP contribution in [0.1, 0.15) is 52.3 Å². The smallest absolute Gasteiger partial charge is 0.323 e. The van der Waals surface area contributed by atoms with Crippen LogP contribution in [-0.2, 0) is 21.5 Å². The van der Waals surface area contributed by atoms with E-state index in [-0.39, 0.29) is 17.4 Å². The molecule has 0 amide bonds. The molecule has 6 nitrogen and oxygen atoms in total. The predicted molar refractivity (Wildman–Crippen MR) is 73.1 cm³/mol. The molecule has 0 aliphatic carbocycles. The fourth-order valence-electron chi connectivity index (χ4n) is 2.33. The molecule has 112 valence electrons. The van der Waals surface area contributed by atoms with Gasteiger partial charge in [-0.15, -0.1) is 0 Å². The van der Waals surface area contributed by atoms with Crippen molar-refractivity contribution < 1.29 is 14.1 Å². The second-order valence-corrected chi connectivity index (χ2v) is 6.15. The summed E-state index contributed by atoms with van der Waals surface area (Å²) in [6, 6.07) is -0.175. The van der Waals surface area contributed by atoms with Crippen LogP contribution in [-0.4, -0.2) is 40.2 Å². The monoisotopic (exact) mass is 281 g/mol. The maximum Gasteiger partial charge on any atom is 0.323 e. The van der Waals surface area contributed by atoms with E-state index in [0.29, 0.717) is 24.9 Å². The molecule has 1 unspecified atom stereocenters. The zero-order valence-electron chi connectivity index (χ0n) is 12.7. The molecule has 0 N–H and O–H groups in total. The number of carbonyl (C=O) groups excluding carboxylic acids is 1. The number of ether oxygens (including phenoxy) is 1. The second kappa shape index (κ2) is 5.91.